The molecule has 1 aromatic rings. The van der Waals surface area contributed by atoms with Crippen LogP contribution in [0.3, 0.4) is 0 Å². The van der Waals surface area contributed by atoms with Gasteiger partial charge in [-0.2, -0.15) is 0 Å². The van der Waals surface area contributed by atoms with Crippen LogP contribution in [-0.4, -0.2) is 43.2 Å². The average Bonchev–Trinajstić information content (AvgIpc) is 2.22. The fraction of sp³-hybridized carbons (Fsp3) is 0.500. The lowest BCUT2D eigenvalue weighted by Crippen LogP contribution is -2.38. The zero-order valence-electron chi connectivity index (χ0n) is 8.78. The van der Waals surface area contributed by atoms with Gasteiger partial charge in [-0.1, -0.05) is 0 Å². The van der Waals surface area contributed by atoms with Gasteiger partial charge >= 0.3 is 0 Å². The SMILES string of the molecule is CN1c2nc(S(C)(=O)=O)ncc2COC1O. The maximum Gasteiger partial charge on any atom is 0.248 e. The van der Waals surface area contributed by atoms with Gasteiger partial charge in [0.25, 0.3) is 0 Å². The normalized spacial score (nSPS) is 20.7. The second kappa shape index (κ2) is 3.65. The molecule has 1 N–H and O–H groups in total. The first-order valence-electron chi connectivity index (χ1n) is 4.48. The Morgan fingerprint density at radius 1 is 1.62 bits per heavy atom. The van der Waals surface area contributed by atoms with E-state index in [1.54, 1.807) is 7.05 Å². The van der Waals surface area contributed by atoms with Crippen LogP contribution in [0.4, 0.5) is 5.82 Å². The number of ether oxygens (including phenoxy) is 1. The van der Waals surface area contributed by atoms with E-state index in [1.807, 2.05) is 0 Å². The summed E-state index contributed by atoms with van der Waals surface area (Å²) in [5.74, 6) is 0.370. The van der Waals surface area contributed by atoms with Gasteiger partial charge in [0.05, 0.1) is 6.61 Å². The molecule has 0 aromatic carbocycles. The molecule has 16 heavy (non-hydrogen) atoms. The van der Waals surface area contributed by atoms with Gasteiger partial charge in [-0.15, -0.1) is 0 Å². The number of aliphatic hydroxyl groups is 1. The number of sulfone groups is 1. The summed E-state index contributed by atoms with van der Waals surface area (Å²) < 4.78 is 27.5. The van der Waals surface area contributed by atoms with Crippen LogP contribution in [0.15, 0.2) is 11.4 Å². The summed E-state index contributed by atoms with van der Waals surface area (Å²) >= 11 is 0. The van der Waals surface area contributed by atoms with Gasteiger partial charge < -0.3 is 14.7 Å². The van der Waals surface area contributed by atoms with Crippen LogP contribution in [0.1, 0.15) is 5.56 Å². The molecule has 1 aliphatic rings. The van der Waals surface area contributed by atoms with E-state index in [4.69, 9.17) is 4.74 Å². The quantitative estimate of drug-likeness (QED) is 0.642. The van der Waals surface area contributed by atoms with Crippen molar-refractivity contribution in [1.82, 2.24) is 9.97 Å². The Morgan fingerprint density at radius 3 is 2.94 bits per heavy atom. The van der Waals surface area contributed by atoms with Gasteiger partial charge in [0, 0.05) is 25.1 Å². The fourth-order valence-electron chi connectivity index (χ4n) is 1.35. The van der Waals surface area contributed by atoms with Gasteiger partial charge in [0.2, 0.25) is 21.4 Å². The molecule has 1 aromatic heterocycles. The zero-order valence-corrected chi connectivity index (χ0v) is 9.60. The Balaban J connectivity index is 2.53. The highest BCUT2D eigenvalue weighted by molar-refractivity contribution is 7.90. The predicted octanol–water partition coefficient (Wildman–Crippen LogP) is -0.878. The summed E-state index contributed by atoms with van der Waals surface area (Å²) in [5, 5.41) is 9.15. The average molecular weight is 245 g/mol. The largest absolute Gasteiger partial charge is 0.351 e. The molecule has 1 atom stereocenters. The van der Waals surface area contributed by atoms with Crippen molar-refractivity contribution in [2.75, 3.05) is 18.2 Å². The van der Waals surface area contributed by atoms with Crippen molar-refractivity contribution in [2.45, 2.75) is 18.2 Å². The molecule has 0 radical (unpaired) electrons. The highest BCUT2D eigenvalue weighted by Crippen LogP contribution is 2.24. The Morgan fingerprint density at radius 2 is 2.31 bits per heavy atom. The molecular formula is C8H11N3O4S. The third kappa shape index (κ3) is 1.86. The number of fused-ring (bicyclic) bond motifs is 1. The number of aliphatic hydroxyl groups excluding tert-OH is 1. The van der Waals surface area contributed by atoms with E-state index in [0.717, 1.165) is 6.26 Å². The summed E-state index contributed by atoms with van der Waals surface area (Å²) in [6, 6.07) is 0. The standard InChI is InChI=1S/C8H11N3O4S/c1-11-6-5(4-15-8(11)12)3-9-7(10-6)16(2,13)14/h3,8,12H,4H2,1-2H3. The fourth-order valence-corrected chi connectivity index (χ4v) is 1.85. The molecule has 0 amide bonds. The zero-order chi connectivity index (χ0) is 11.9. The highest BCUT2D eigenvalue weighted by atomic mass is 32.2. The first-order valence-corrected chi connectivity index (χ1v) is 6.37. The number of rotatable bonds is 1. The molecule has 7 nitrogen and oxygen atoms in total. The second-order valence-corrected chi connectivity index (χ2v) is 5.43. The maximum absolute atomic E-state index is 11.3. The van der Waals surface area contributed by atoms with Gasteiger partial charge in [0.15, 0.2) is 0 Å². The van der Waals surface area contributed by atoms with Crippen molar-refractivity contribution in [2.24, 2.45) is 0 Å². The van der Waals surface area contributed by atoms with Crippen molar-refractivity contribution >= 4 is 15.7 Å². The van der Waals surface area contributed by atoms with Gasteiger partial charge in [0.1, 0.15) is 5.82 Å². The summed E-state index contributed by atoms with van der Waals surface area (Å²) in [7, 11) is -1.89. The van der Waals surface area contributed by atoms with Crippen LogP contribution in [0.2, 0.25) is 0 Å². The highest BCUT2D eigenvalue weighted by Gasteiger charge is 2.25. The molecule has 1 aliphatic heterocycles. The van der Waals surface area contributed by atoms with Gasteiger partial charge in [-0.25, -0.2) is 18.4 Å². The van der Waals surface area contributed by atoms with Crippen molar-refractivity contribution in [3.05, 3.63) is 11.8 Å². The number of anilines is 1. The molecule has 0 bridgehead atoms. The monoisotopic (exact) mass is 245 g/mol. The van der Waals surface area contributed by atoms with E-state index < -0.39 is 16.3 Å². The number of hydrogen-bond acceptors (Lipinski definition) is 7. The lowest BCUT2D eigenvalue weighted by Gasteiger charge is -2.30. The van der Waals surface area contributed by atoms with Crippen molar-refractivity contribution < 1.29 is 18.3 Å². The van der Waals surface area contributed by atoms with Crippen LogP contribution < -0.4 is 4.90 Å². The van der Waals surface area contributed by atoms with Crippen LogP contribution in [0.5, 0.6) is 0 Å². The Labute approximate surface area is 92.6 Å². The third-order valence-electron chi connectivity index (χ3n) is 2.20. The van der Waals surface area contributed by atoms with E-state index >= 15 is 0 Å². The van der Waals surface area contributed by atoms with E-state index in [9.17, 15) is 13.5 Å². The Bertz CT molecular complexity index is 516. The second-order valence-electron chi connectivity index (χ2n) is 3.52. The minimum absolute atomic E-state index is 0.158. The Kier molecular flexibility index (Phi) is 2.56. The lowest BCUT2D eigenvalue weighted by atomic mass is 10.3. The molecule has 0 spiro atoms. The van der Waals surface area contributed by atoms with E-state index in [0.29, 0.717) is 11.4 Å². The van der Waals surface area contributed by atoms with Crippen LogP contribution >= 0.6 is 0 Å². The number of aromatic nitrogens is 2. The van der Waals surface area contributed by atoms with E-state index in [2.05, 4.69) is 9.97 Å². The first kappa shape index (κ1) is 11.2. The van der Waals surface area contributed by atoms with Gasteiger partial charge in [-0.3, -0.25) is 0 Å². The van der Waals surface area contributed by atoms with E-state index in [1.165, 1.54) is 11.1 Å². The minimum Gasteiger partial charge on any atom is -0.351 e. The van der Waals surface area contributed by atoms with E-state index in [-0.39, 0.29) is 11.8 Å². The molecule has 2 heterocycles. The summed E-state index contributed by atoms with van der Waals surface area (Å²) in [6.07, 6.45) is 1.31. The molecule has 2 rings (SSSR count). The first-order chi connectivity index (χ1) is 7.39. The van der Waals surface area contributed by atoms with Gasteiger partial charge in [-0.05, 0) is 0 Å². The molecular weight excluding hydrogens is 234 g/mol. The summed E-state index contributed by atoms with van der Waals surface area (Å²) in [5.41, 5.74) is 0.639. The molecule has 8 heteroatoms. The molecule has 1 unspecified atom stereocenters. The van der Waals surface area contributed by atoms with Crippen molar-refractivity contribution in [1.29, 1.82) is 0 Å². The van der Waals surface area contributed by atoms with Crippen LogP contribution in [0, 0.1) is 0 Å². The van der Waals surface area contributed by atoms with Crippen LogP contribution in [0.25, 0.3) is 0 Å². The van der Waals surface area contributed by atoms with Crippen molar-refractivity contribution in [3.8, 4) is 0 Å². The maximum atomic E-state index is 11.3. The number of nitrogens with zero attached hydrogens (tertiary/aromatic N) is 3. The Hall–Kier alpha value is -1.25. The smallest absolute Gasteiger partial charge is 0.248 e. The predicted molar refractivity (Wildman–Crippen MR) is 54.3 cm³/mol. The molecule has 0 saturated carbocycles. The van der Waals surface area contributed by atoms with Crippen LogP contribution in [-0.2, 0) is 21.2 Å². The molecule has 88 valence electrons. The third-order valence-corrected chi connectivity index (χ3v) is 3.06. The topological polar surface area (TPSA) is 92.6 Å². The lowest BCUT2D eigenvalue weighted by molar-refractivity contribution is -0.113. The van der Waals surface area contributed by atoms with Crippen molar-refractivity contribution in [3.63, 3.8) is 0 Å². The molecule has 0 saturated heterocycles. The summed E-state index contributed by atoms with van der Waals surface area (Å²) in [6.45, 7) is 0.158. The minimum atomic E-state index is -3.45. The summed E-state index contributed by atoms with van der Waals surface area (Å²) in [4.78, 5) is 8.98. The molecule has 0 aliphatic carbocycles. The molecule has 0 fully saturated rings. The number of hydrogen-bond donors (Lipinski definition) is 1.